The molecule has 2 nitrogen and oxygen atoms in total. The van der Waals surface area contributed by atoms with Crippen molar-refractivity contribution in [3.8, 4) is 77.9 Å². The fourth-order valence-electron chi connectivity index (χ4n) is 9.93. The predicted molar refractivity (Wildman–Crippen MR) is 242 cm³/mol. The number of hydrogen-bond donors (Lipinski definition) is 2. The molecule has 0 aromatic heterocycles. The highest BCUT2D eigenvalue weighted by molar-refractivity contribution is 6.28. The monoisotopic (exact) mass is 724 g/mol. The Balaban J connectivity index is 1.10. The van der Waals surface area contributed by atoms with E-state index in [0.29, 0.717) is 11.4 Å². The Kier molecular flexibility index (Phi) is 7.11. The van der Waals surface area contributed by atoms with Gasteiger partial charge in [0, 0.05) is 0 Å². The summed E-state index contributed by atoms with van der Waals surface area (Å²) in [6, 6.07) is 53.0. The minimum Gasteiger partial charge on any atom is -0.304 e. The molecule has 2 heteroatoms. The van der Waals surface area contributed by atoms with E-state index in [9.17, 15) is 10.8 Å². The van der Waals surface area contributed by atoms with E-state index in [1.54, 1.807) is 36.5 Å². The molecular weight excluding hydrogens is 689 g/mol. The van der Waals surface area contributed by atoms with Gasteiger partial charge in [-0.15, -0.1) is 0 Å². The smallest absolute Gasteiger partial charge is 0.104 e. The summed E-state index contributed by atoms with van der Waals surface area (Å²) >= 11 is 0. The molecule has 266 valence electrons. The maximum atomic E-state index is 9.86. The predicted octanol–water partition coefficient (Wildman–Crippen LogP) is 14.4. The second-order valence-corrected chi connectivity index (χ2v) is 15.2. The van der Waals surface area contributed by atoms with Crippen LogP contribution in [0.2, 0.25) is 0 Å². The number of rotatable bonds is 8. The quantitative estimate of drug-likeness (QED) is 0.116. The first kappa shape index (κ1) is 33.0. The average molecular weight is 725 g/mol. The van der Waals surface area contributed by atoms with Crippen LogP contribution in [0.4, 0.5) is 0 Å². The molecule has 0 saturated carbocycles. The molecule has 0 unspecified atom stereocenters. The number of hydrogen-bond acceptors (Lipinski definition) is 2. The lowest BCUT2D eigenvalue weighted by Crippen LogP contribution is -2.41. The highest BCUT2D eigenvalue weighted by Gasteiger charge is 2.49. The van der Waals surface area contributed by atoms with E-state index in [-0.39, 0.29) is 0 Å². The maximum Gasteiger partial charge on any atom is 0.104 e. The minimum atomic E-state index is -1.19. The Bertz CT molecular complexity index is 2980. The lowest BCUT2D eigenvalue weighted by atomic mass is 9.69. The summed E-state index contributed by atoms with van der Waals surface area (Å²) in [6.45, 7) is 7.85. The first-order valence-corrected chi connectivity index (χ1v) is 19.4. The molecule has 0 heterocycles. The van der Waals surface area contributed by atoms with Gasteiger partial charge in [0.15, 0.2) is 0 Å². The molecule has 3 aliphatic carbocycles. The Labute approximate surface area is 332 Å². The summed E-state index contributed by atoms with van der Waals surface area (Å²) < 4.78 is 0. The molecule has 0 aliphatic heterocycles. The Morgan fingerprint density at radius 3 is 1.12 bits per heavy atom. The molecule has 0 fully saturated rings. The van der Waals surface area contributed by atoms with Gasteiger partial charge in [0.2, 0.25) is 0 Å². The van der Waals surface area contributed by atoms with Gasteiger partial charge in [-0.1, -0.05) is 159 Å². The zero-order valence-corrected chi connectivity index (χ0v) is 31.2. The van der Waals surface area contributed by atoms with Gasteiger partial charge < -0.3 is 10.8 Å². The van der Waals surface area contributed by atoms with Gasteiger partial charge >= 0.3 is 0 Å². The highest BCUT2D eigenvalue weighted by Crippen LogP contribution is 2.55. The van der Waals surface area contributed by atoms with Crippen molar-refractivity contribution in [1.29, 1.82) is 10.8 Å². The second-order valence-electron chi connectivity index (χ2n) is 15.2. The van der Waals surface area contributed by atoms with E-state index in [0.717, 1.165) is 44.5 Å². The van der Waals surface area contributed by atoms with Crippen LogP contribution in [-0.2, 0) is 5.41 Å². The fourth-order valence-corrected chi connectivity index (χ4v) is 9.93. The summed E-state index contributed by atoms with van der Waals surface area (Å²) in [5, 5.41) is 24.8. The molecule has 2 N–H and O–H groups in total. The molecule has 57 heavy (non-hydrogen) atoms. The molecule has 8 aromatic rings. The van der Waals surface area contributed by atoms with Crippen molar-refractivity contribution in [2.75, 3.05) is 0 Å². The SMILES string of the molecule is C=C/C=C\C(=N)C1(C(=N)/C=C\C=C)c2cc(-c3ccc4c(c3)-c3cccc5cccc-4c35)ccc2-c2ccc(-c3ccc4c(c3)-c3cccc5cccc-4c35)cc21. The van der Waals surface area contributed by atoms with Crippen LogP contribution in [-0.4, -0.2) is 11.4 Å². The van der Waals surface area contributed by atoms with Crippen molar-refractivity contribution in [1.82, 2.24) is 0 Å². The first-order chi connectivity index (χ1) is 28.0. The van der Waals surface area contributed by atoms with Crippen molar-refractivity contribution in [3.63, 3.8) is 0 Å². The van der Waals surface area contributed by atoms with Gasteiger partial charge in [-0.25, -0.2) is 0 Å². The van der Waals surface area contributed by atoms with E-state index in [1.165, 1.54) is 66.1 Å². The molecule has 0 spiro atoms. The van der Waals surface area contributed by atoms with Crippen LogP contribution in [0.25, 0.3) is 99.4 Å². The average Bonchev–Trinajstić information content (AvgIpc) is 3.87. The molecule has 0 amide bonds. The number of nitrogens with one attached hydrogen (secondary N) is 2. The molecule has 0 saturated heterocycles. The molecule has 11 rings (SSSR count). The molecule has 0 atom stereocenters. The third-order valence-electron chi connectivity index (χ3n) is 12.4. The van der Waals surface area contributed by atoms with Crippen molar-refractivity contribution in [3.05, 3.63) is 206 Å². The van der Waals surface area contributed by atoms with Crippen LogP contribution in [0.5, 0.6) is 0 Å². The van der Waals surface area contributed by atoms with Gasteiger partial charge in [0.25, 0.3) is 0 Å². The Morgan fingerprint density at radius 2 is 0.737 bits per heavy atom. The third kappa shape index (κ3) is 4.53. The summed E-state index contributed by atoms with van der Waals surface area (Å²) in [5.41, 5.74) is 17.7. The summed E-state index contributed by atoms with van der Waals surface area (Å²) in [6.07, 6.45) is 10.6. The van der Waals surface area contributed by atoms with Gasteiger partial charge in [-0.05, 0) is 147 Å². The van der Waals surface area contributed by atoms with E-state index in [4.69, 9.17) is 0 Å². The molecule has 0 bridgehead atoms. The van der Waals surface area contributed by atoms with Crippen LogP contribution in [0.1, 0.15) is 11.1 Å². The van der Waals surface area contributed by atoms with E-state index in [2.05, 4.69) is 159 Å². The molecule has 3 aliphatic rings. The summed E-state index contributed by atoms with van der Waals surface area (Å²) in [7, 11) is 0. The van der Waals surface area contributed by atoms with Crippen LogP contribution in [0.15, 0.2) is 195 Å². The van der Waals surface area contributed by atoms with Crippen LogP contribution >= 0.6 is 0 Å². The van der Waals surface area contributed by atoms with Crippen LogP contribution in [0, 0.1) is 10.8 Å². The first-order valence-electron chi connectivity index (χ1n) is 19.4. The maximum absolute atomic E-state index is 9.86. The largest absolute Gasteiger partial charge is 0.304 e. The van der Waals surface area contributed by atoms with Crippen LogP contribution in [0.3, 0.4) is 0 Å². The lowest BCUT2D eigenvalue weighted by molar-refractivity contribution is 0.944. The molecular formula is C55H36N2. The van der Waals surface area contributed by atoms with Crippen molar-refractivity contribution in [2.24, 2.45) is 0 Å². The number of benzene rings is 8. The fraction of sp³-hybridized carbons (Fsp3) is 0.0182. The van der Waals surface area contributed by atoms with E-state index < -0.39 is 5.41 Å². The minimum absolute atomic E-state index is 0.308. The van der Waals surface area contributed by atoms with Crippen molar-refractivity contribution < 1.29 is 0 Å². The molecule has 0 radical (unpaired) electrons. The zero-order chi connectivity index (χ0) is 38.4. The second kappa shape index (κ2) is 12.3. The zero-order valence-electron chi connectivity index (χ0n) is 31.2. The van der Waals surface area contributed by atoms with E-state index >= 15 is 0 Å². The van der Waals surface area contributed by atoms with Gasteiger partial charge in [-0.2, -0.15) is 0 Å². The Morgan fingerprint density at radius 1 is 0.386 bits per heavy atom. The van der Waals surface area contributed by atoms with E-state index in [1.807, 2.05) is 0 Å². The normalized spacial score (nSPS) is 13.5. The third-order valence-corrected chi connectivity index (χ3v) is 12.4. The number of fused-ring (bicyclic) bond motifs is 9. The highest BCUT2D eigenvalue weighted by atomic mass is 14.6. The standard InChI is InChI=1S/C55H36N2/c1-3-5-19-51(56)55(52(57)20-6-4-2)49-31-37(35-21-25-39-43-15-7-11-33-13-9-17-45(53(33)43)47(39)29-35)23-27-41(49)42-28-24-38(32-50(42)55)36-22-26-40-44-16-8-12-34-14-10-18-46(54(34)44)48(40)30-36/h3-32,56-57H,1-2H2/b19-5-,20-6-,56-51?,57-52?. The van der Waals surface area contributed by atoms with Crippen LogP contribution < -0.4 is 0 Å². The lowest BCUT2D eigenvalue weighted by Gasteiger charge is -2.32. The van der Waals surface area contributed by atoms with Gasteiger partial charge in [0.05, 0.1) is 11.4 Å². The van der Waals surface area contributed by atoms with Crippen molar-refractivity contribution >= 4 is 33.0 Å². The summed E-state index contributed by atoms with van der Waals surface area (Å²) in [5.74, 6) is 0. The number of allylic oxidation sites excluding steroid dienone is 6. The van der Waals surface area contributed by atoms with Gasteiger partial charge in [0.1, 0.15) is 5.41 Å². The van der Waals surface area contributed by atoms with Gasteiger partial charge in [-0.3, -0.25) is 0 Å². The summed E-state index contributed by atoms with van der Waals surface area (Å²) in [4.78, 5) is 0. The topological polar surface area (TPSA) is 47.7 Å². The van der Waals surface area contributed by atoms with Crippen molar-refractivity contribution in [2.45, 2.75) is 5.41 Å². The molecule has 8 aromatic carbocycles. The Hall–Kier alpha value is -7.42.